The summed E-state index contributed by atoms with van der Waals surface area (Å²) in [7, 11) is 0. The number of carbonyl (C=O) groups is 1. The minimum absolute atomic E-state index is 0.369. The second-order valence-corrected chi connectivity index (χ2v) is 7.38. The highest BCUT2D eigenvalue weighted by Crippen LogP contribution is 2.29. The van der Waals surface area contributed by atoms with Crippen LogP contribution >= 0.6 is 11.6 Å². The third-order valence-electron chi connectivity index (χ3n) is 4.70. The van der Waals surface area contributed by atoms with Crippen LogP contribution in [0.1, 0.15) is 23.6 Å². The van der Waals surface area contributed by atoms with E-state index >= 15 is 0 Å². The summed E-state index contributed by atoms with van der Waals surface area (Å²) in [5.41, 5.74) is 3.25. The molecular formula is C26H21ClO4. The van der Waals surface area contributed by atoms with E-state index in [2.05, 4.69) is 0 Å². The fourth-order valence-electron chi connectivity index (χ4n) is 3.10. The Hall–Kier alpha value is -3.50. The Balaban J connectivity index is 1.42. The van der Waals surface area contributed by atoms with Gasteiger partial charge in [-0.15, -0.1) is 0 Å². The third-order valence-corrected chi connectivity index (χ3v) is 4.95. The standard InChI is InChI=1S/C26H21ClO4/c1-2-29-23-13-7-20(8-14-23)25-16-21(26(28)31-25)15-18-5-11-24(12-6-18)30-17-19-3-9-22(27)10-4-19/h3-16H,2,17H2,1H3. The second-order valence-electron chi connectivity index (χ2n) is 6.94. The zero-order valence-corrected chi connectivity index (χ0v) is 17.8. The molecule has 1 aliphatic heterocycles. The number of esters is 1. The van der Waals surface area contributed by atoms with E-state index in [1.165, 1.54) is 0 Å². The van der Waals surface area contributed by atoms with E-state index in [1.54, 1.807) is 12.2 Å². The van der Waals surface area contributed by atoms with Crippen LogP contribution < -0.4 is 9.47 Å². The minimum atomic E-state index is -0.369. The summed E-state index contributed by atoms with van der Waals surface area (Å²) < 4.78 is 16.7. The maximum Gasteiger partial charge on any atom is 0.343 e. The van der Waals surface area contributed by atoms with E-state index in [0.29, 0.717) is 29.6 Å². The highest BCUT2D eigenvalue weighted by Gasteiger charge is 2.22. The Morgan fingerprint density at radius 1 is 0.871 bits per heavy atom. The number of benzene rings is 3. The summed E-state index contributed by atoms with van der Waals surface area (Å²) in [6, 6.07) is 22.6. The van der Waals surface area contributed by atoms with Gasteiger partial charge in [0.25, 0.3) is 0 Å². The van der Waals surface area contributed by atoms with Crippen LogP contribution in [0.3, 0.4) is 0 Å². The van der Waals surface area contributed by atoms with Crippen molar-refractivity contribution in [2.45, 2.75) is 13.5 Å². The molecule has 3 aromatic carbocycles. The number of halogens is 1. The fourth-order valence-corrected chi connectivity index (χ4v) is 3.23. The average molecular weight is 433 g/mol. The molecule has 31 heavy (non-hydrogen) atoms. The predicted octanol–water partition coefficient (Wildman–Crippen LogP) is 6.30. The molecule has 0 bridgehead atoms. The maximum absolute atomic E-state index is 12.3. The average Bonchev–Trinajstić information content (AvgIpc) is 3.15. The van der Waals surface area contributed by atoms with Gasteiger partial charge in [-0.3, -0.25) is 0 Å². The molecule has 0 N–H and O–H groups in total. The van der Waals surface area contributed by atoms with E-state index in [0.717, 1.165) is 28.2 Å². The van der Waals surface area contributed by atoms with E-state index in [-0.39, 0.29) is 5.97 Å². The lowest BCUT2D eigenvalue weighted by molar-refractivity contribution is -0.130. The van der Waals surface area contributed by atoms with Crippen LogP contribution in [-0.4, -0.2) is 12.6 Å². The molecule has 4 nitrogen and oxygen atoms in total. The number of ether oxygens (including phenoxy) is 3. The smallest absolute Gasteiger partial charge is 0.343 e. The van der Waals surface area contributed by atoms with Gasteiger partial charge in [0.2, 0.25) is 0 Å². The Kier molecular flexibility index (Phi) is 6.39. The van der Waals surface area contributed by atoms with Gasteiger partial charge in [0.05, 0.1) is 12.2 Å². The Labute approximate surface area is 186 Å². The summed E-state index contributed by atoms with van der Waals surface area (Å²) in [6.45, 7) is 3.00. The van der Waals surface area contributed by atoms with Gasteiger partial charge in [0, 0.05) is 10.6 Å². The summed E-state index contributed by atoms with van der Waals surface area (Å²) in [6.07, 6.45) is 3.55. The van der Waals surface area contributed by atoms with Gasteiger partial charge < -0.3 is 14.2 Å². The highest BCUT2D eigenvalue weighted by atomic mass is 35.5. The van der Waals surface area contributed by atoms with Crippen LogP contribution in [0.2, 0.25) is 5.02 Å². The molecule has 0 aromatic heterocycles. The van der Waals surface area contributed by atoms with Gasteiger partial charge in [-0.1, -0.05) is 35.9 Å². The van der Waals surface area contributed by atoms with Crippen molar-refractivity contribution in [1.82, 2.24) is 0 Å². The van der Waals surface area contributed by atoms with Crippen LogP contribution in [0.15, 0.2) is 84.4 Å². The summed E-state index contributed by atoms with van der Waals surface area (Å²) in [5.74, 6) is 1.69. The highest BCUT2D eigenvalue weighted by molar-refractivity contribution is 6.30. The Morgan fingerprint density at radius 2 is 1.52 bits per heavy atom. The summed E-state index contributed by atoms with van der Waals surface area (Å²) in [4.78, 5) is 12.3. The number of rotatable bonds is 7. The van der Waals surface area contributed by atoms with Crippen LogP contribution in [0, 0.1) is 0 Å². The molecule has 1 heterocycles. The van der Waals surface area contributed by atoms with Gasteiger partial charge in [-0.05, 0) is 78.7 Å². The molecule has 5 heteroatoms. The molecule has 0 unspecified atom stereocenters. The van der Waals surface area contributed by atoms with Crippen molar-refractivity contribution in [2.75, 3.05) is 6.61 Å². The first-order valence-electron chi connectivity index (χ1n) is 9.97. The lowest BCUT2D eigenvalue weighted by Crippen LogP contribution is -1.97. The minimum Gasteiger partial charge on any atom is -0.494 e. The van der Waals surface area contributed by atoms with Crippen LogP contribution in [0.4, 0.5) is 0 Å². The molecule has 156 valence electrons. The molecule has 0 radical (unpaired) electrons. The molecule has 1 aliphatic rings. The van der Waals surface area contributed by atoms with Crippen molar-refractivity contribution >= 4 is 29.4 Å². The fraction of sp³-hybridized carbons (Fsp3) is 0.115. The predicted molar refractivity (Wildman–Crippen MR) is 122 cm³/mol. The largest absolute Gasteiger partial charge is 0.494 e. The third kappa shape index (κ3) is 5.36. The zero-order chi connectivity index (χ0) is 21.6. The second kappa shape index (κ2) is 9.54. The van der Waals surface area contributed by atoms with E-state index in [9.17, 15) is 4.79 Å². The summed E-state index contributed by atoms with van der Waals surface area (Å²) in [5, 5.41) is 0.700. The molecule has 0 saturated heterocycles. The monoisotopic (exact) mass is 432 g/mol. The first-order chi connectivity index (χ1) is 15.1. The first-order valence-corrected chi connectivity index (χ1v) is 10.3. The maximum atomic E-state index is 12.3. The molecule has 0 fully saturated rings. The molecule has 4 rings (SSSR count). The van der Waals surface area contributed by atoms with Crippen molar-refractivity contribution in [3.05, 3.63) is 106 Å². The first kappa shape index (κ1) is 20.8. The lowest BCUT2D eigenvalue weighted by Gasteiger charge is -2.06. The van der Waals surface area contributed by atoms with Gasteiger partial charge >= 0.3 is 5.97 Å². The zero-order valence-electron chi connectivity index (χ0n) is 17.0. The van der Waals surface area contributed by atoms with Crippen LogP contribution in [0.5, 0.6) is 11.5 Å². The SMILES string of the molecule is CCOc1ccc(C2=CC(=Cc3ccc(OCc4ccc(Cl)cc4)cc3)C(=O)O2)cc1. The lowest BCUT2D eigenvalue weighted by atomic mass is 10.1. The van der Waals surface area contributed by atoms with Crippen LogP contribution in [-0.2, 0) is 16.1 Å². The Bertz CT molecular complexity index is 1110. The molecule has 0 spiro atoms. The quantitative estimate of drug-likeness (QED) is 0.324. The van der Waals surface area contributed by atoms with Crippen LogP contribution in [0.25, 0.3) is 11.8 Å². The number of hydrogen-bond acceptors (Lipinski definition) is 4. The van der Waals surface area contributed by atoms with Gasteiger partial charge in [0.1, 0.15) is 23.9 Å². The number of cyclic esters (lactones) is 1. The molecule has 0 aliphatic carbocycles. The van der Waals surface area contributed by atoms with E-state index in [1.807, 2.05) is 79.7 Å². The van der Waals surface area contributed by atoms with Gasteiger partial charge in [-0.2, -0.15) is 0 Å². The number of carbonyl (C=O) groups excluding carboxylic acids is 1. The molecule has 0 saturated carbocycles. The van der Waals surface area contributed by atoms with E-state index in [4.69, 9.17) is 25.8 Å². The normalized spacial score (nSPS) is 14.3. The molecule has 0 amide bonds. The van der Waals surface area contributed by atoms with Gasteiger partial charge in [-0.25, -0.2) is 4.79 Å². The van der Waals surface area contributed by atoms with Crippen molar-refractivity contribution in [3.63, 3.8) is 0 Å². The summed E-state index contributed by atoms with van der Waals surface area (Å²) >= 11 is 5.90. The molecular weight excluding hydrogens is 412 g/mol. The van der Waals surface area contributed by atoms with E-state index < -0.39 is 0 Å². The topological polar surface area (TPSA) is 44.8 Å². The van der Waals surface area contributed by atoms with Crippen molar-refractivity contribution < 1.29 is 19.0 Å². The Morgan fingerprint density at radius 3 is 2.19 bits per heavy atom. The van der Waals surface area contributed by atoms with Crippen molar-refractivity contribution in [1.29, 1.82) is 0 Å². The van der Waals surface area contributed by atoms with Gasteiger partial charge in [0.15, 0.2) is 0 Å². The van der Waals surface area contributed by atoms with Crippen molar-refractivity contribution in [3.8, 4) is 11.5 Å². The van der Waals surface area contributed by atoms with Crippen molar-refractivity contribution in [2.24, 2.45) is 0 Å². The molecule has 3 aromatic rings. The molecule has 0 atom stereocenters. The number of hydrogen-bond donors (Lipinski definition) is 0.